The third-order valence-corrected chi connectivity index (χ3v) is 6.72. The minimum Gasteiger partial charge on any atom is -0.478 e. The minimum absolute atomic E-state index is 0.0980. The number of aliphatic hydroxyl groups excluding tert-OH is 1. The van der Waals surface area contributed by atoms with Gasteiger partial charge in [0.25, 0.3) is 0 Å². The molecule has 5 nitrogen and oxygen atoms in total. The second-order valence-corrected chi connectivity index (χ2v) is 10.3. The molecule has 198 valence electrons. The van der Waals surface area contributed by atoms with Crippen molar-refractivity contribution < 1.29 is 24.1 Å². The first kappa shape index (κ1) is 28.8. The van der Waals surface area contributed by atoms with Crippen LogP contribution < -0.4 is 5.32 Å². The Morgan fingerprint density at radius 3 is 2.54 bits per heavy atom. The van der Waals surface area contributed by atoms with Gasteiger partial charge in [0.2, 0.25) is 0 Å². The molecule has 3 aromatic rings. The van der Waals surface area contributed by atoms with Gasteiger partial charge in [-0.3, -0.25) is 0 Å². The molecule has 0 spiro atoms. The summed E-state index contributed by atoms with van der Waals surface area (Å²) in [4.78, 5) is 11.5. The highest BCUT2D eigenvalue weighted by molar-refractivity contribution is 6.30. The number of rotatable bonds is 12. The van der Waals surface area contributed by atoms with Crippen LogP contribution in [0.15, 0.2) is 60.7 Å². The van der Waals surface area contributed by atoms with E-state index in [1.807, 2.05) is 64.1 Å². The summed E-state index contributed by atoms with van der Waals surface area (Å²) in [5.41, 5.74) is 4.38. The van der Waals surface area contributed by atoms with Gasteiger partial charge in [-0.25, -0.2) is 9.18 Å². The lowest BCUT2D eigenvalue weighted by Gasteiger charge is -2.28. The Bertz CT molecular complexity index is 1230. The lowest BCUT2D eigenvalue weighted by molar-refractivity contribution is -0.00397. The molecule has 0 saturated heterocycles. The predicted octanol–water partition coefficient (Wildman–Crippen LogP) is 6.46. The van der Waals surface area contributed by atoms with Crippen molar-refractivity contribution in [3.63, 3.8) is 0 Å². The van der Waals surface area contributed by atoms with Gasteiger partial charge in [0.05, 0.1) is 29.4 Å². The maximum atomic E-state index is 13.8. The van der Waals surface area contributed by atoms with E-state index in [4.69, 9.17) is 16.3 Å². The van der Waals surface area contributed by atoms with Crippen LogP contribution >= 0.6 is 11.6 Å². The highest BCUT2D eigenvalue weighted by Crippen LogP contribution is 2.31. The van der Waals surface area contributed by atoms with Crippen LogP contribution in [0.25, 0.3) is 11.1 Å². The summed E-state index contributed by atoms with van der Waals surface area (Å²) >= 11 is 5.78. The first-order valence-corrected chi connectivity index (χ1v) is 12.8. The molecule has 3 rings (SSSR count). The van der Waals surface area contributed by atoms with Gasteiger partial charge in [0, 0.05) is 12.1 Å². The lowest BCUT2D eigenvalue weighted by atomic mass is 9.93. The number of halogens is 2. The number of hydrogen-bond acceptors (Lipinski definition) is 4. The molecule has 0 heterocycles. The molecule has 0 saturated carbocycles. The van der Waals surface area contributed by atoms with E-state index < -0.39 is 17.9 Å². The van der Waals surface area contributed by atoms with Gasteiger partial charge in [-0.05, 0) is 79.6 Å². The summed E-state index contributed by atoms with van der Waals surface area (Å²) in [6.07, 6.45) is 0.155. The monoisotopic (exact) mass is 527 g/mol. The van der Waals surface area contributed by atoms with Crippen LogP contribution in [0.1, 0.15) is 60.8 Å². The first-order valence-electron chi connectivity index (χ1n) is 12.4. The van der Waals surface area contributed by atoms with Crippen molar-refractivity contribution >= 4 is 17.6 Å². The minimum atomic E-state index is -0.931. The van der Waals surface area contributed by atoms with Crippen LogP contribution in [0.5, 0.6) is 0 Å². The molecule has 7 heteroatoms. The zero-order valence-corrected chi connectivity index (χ0v) is 22.5. The molecule has 0 aromatic heterocycles. The molecule has 0 aliphatic carbocycles. The molecule has 0 aliphatic heterocycles. The molecule has 3 N–H and O–H groups in total. The van der Waals surface area contributed by atoms with E-state index in [1.165, 1.54) is 6.07 Å². The van der Waals surface area contributed by atoms with Crippen molar-refractivity contribution in [1.82, 2.24) is 5.32 Å². The van der Waals surface area contributed by atoms with E-state index in [0.717, 1.165) is 27.8 Å². The van der Waals surface area contributed by atoms with Gasteiger partial charge >= 0.3 is 5.97 Å². The standard InChI is InChI=1S/C30H35ClFNO4/c1-5-21-15-22(11-12-26(21)29(35)36)25-9-7-6-8-24(25)19(2)37-18-23(34)17-33-30(3,4)16-20-10-13-27(31)28(32)14-20/h6-15,19,23,33-34H,5,16-18H2,1-4H3,(H,35,36). The van der Waals surface area contributed by atoms with E-state index in [2.05, 4.69) is 5.32 Å². The van der Waals surface area contributed by atoms with E-state index in [0.29, 0.717) is 24.9 Å². The highest BCUT2D eigenvalue weighted by atomic mass is 35.5. The summed E-state index contributed by atoms with van der Waals surface area (Å²) in [6.45, 7) is 8.30. The summed E-state index contributed by atoms with van der Waals surface area (Å²) in [7, 11) is 0. The first-order chi connectivity index (χ1) is 17.5. The maximum Gasteiger partial charge on any atom is 0.335 e. The molecule has 0 amide bonds. The van der Waals surface area contributed by atoms with Crippen LogP contribution in [0, 0.1) is 5.82 Å². The summed E-state index contributed by atoms with van der Waals surface area (Å²) in [5, 5.41) is 23.4. The van der Waals surface area contributed by atoms with Gasteiger partial charge in [0.15, 0.2) is 0 Å². The summed E-state index contributed by atoms with van der Waals surface area (Å²) in [5.74, 6) is -1.37. The third-order valence-electron chi connectivity index (χ3n) is 6.41. The fourth-order valence-corrected chi connectivity index (χ4v) is 4.51. The summed E-state index contributed by atoms with van der Waals surface area (Å²) < 4.78 is 19.8. The quantitative estimate of drug-likeness (QED) is 0.252. The van der Waals surface area contributed by atoms with Crippen molar-refractivity contribution in [2.24, 2.45) is 0 Å². The van der Waals surface area contributed by atoms with Crippen molar-refractivity contribution in [3.05, 3.63) is 93.8 Å². The number of carboxylic acid groups (broad SMARTS) is 1. The summed E-state index contributed by atoms with van der Waals surface area (Å²) in [6, 6.07) is 18.0. The number of aromatic carboxylic acids is 1. The second kappa shape index (κ2) is 12.7. The highest BCUT2D eigenvalue weighted by Gasteiger charge is 2.21. The predicted molar refractivity (Wildman–Crippen MR) is 146 cm³/mol. The number of carbonyl (C=O) groups is 1. The average Bonchev–Trinajstić information content (AvgIpc) is 2.87. The second-order valence-electron chi connectivity index (χ2n) is 9.94. The topological polar surface area (TPSA) is 78.8 Å². The fourth-order valence-electron chi connectivity index (χ4n) is 4.40. The Morgan fingerprint density at radius 2 is 1.86 bits per heavy atom. The number of ether oxygens (including phenoxy) is 1. The van der Waals surface area contributed by atoms with Crippen molar-refractivity contribution in [2.45, 2.75) is 58.3 Å². The van der Waals surface area contributed by atoms with Crippen LogP contribution in [-0.2, 0) is 17.6 Å². The number of benzene rings is 3. The van der Waals surface area contributed by atoms with Crippen LogP contribution in [-0.4, -0.2) is 41.0 Å². The Balaban J connectivity index is 1.61. The largest absolute Gasteiger partial charge is 0.478 e. The van der Waals surface area contributed by atoms with Crippen LogP contribution in [0.4, 0.5) is 4.39 Å². The van der Waals surface area contributed by atoms with Gasteiger partial charge in [0.1, 0.15) is 5.82 Å². The number of carboxylic acids is 1. The van der Waals surface area contributed by atoms with E-state index in [1.54, 1.807) is 18.2 Å². The number of aryl methyl sites for hydroxylation is 1. The molecule has 3 aromatic carbocycles. The van der Waals surface area contributed by atoms with Gasteiger partial charge in [-0.1, -0.05) is 61.0 Å². The van der Waals surface area contributed by atoms with E-state index in [9.17, 15) is 19.4 Å². The molecular formula is C30H35ClFNO4. The van der Waals surface area contributed by atoms with Crippen molar-refractivity contribution in [3.8, 4) is 11.1 Å². The van der Waals surface area contributed by atoms with Gasteiger partial charge in [-0.2, -0.15) is 0 Å². The van der Waals surface area contributed by atoms with Crippen molar-refractivity contribution in [1.29, 1.82) is 0 Å². The third kappa shape index (κ3) is 7.86. The molecule has 0 radical (unpaired) electrons. The number of nitrogens with one attached hydrogen (secondary N) is 1. The van der Waals surface area contributed by atoms with E-state index >= 15 is 0 Å². The lowest BCUT2D eigenvalue weighted by Crippen LogP contribution is -2.46. The molecule has 0 bridgehead atoms. The van der Waals surface area contributed by atoms with Crippen LogP contribution in [0.2, 0.25) is 5.02 Å². The van der Waals surface area contributed by atoms with Crippen molar-refractivity contribution in [2.75, 3.05) is 13.2 Å². The molecule has 0 aliphatic rings. The van der Waals surface area contributed by atoms with Gasteiger partial charge in [-0.15, -0.1) is 0 Å². The number of hydrogen-bond donors (Lipinski definition) is 3. The SMILES string of the molecule is CCc1cc(-c2ccccc2C(C)OCC(O)CNC(C)(C)Cc2ccc(Cl)c(F)c2)ccc1C(=O)O. The molecule has 0 fully saturated rings. The Kier molecular flexibility index (Phi) is 9.85. The Hall–Kier alpha value is -2.77. The zero-order valence-electron chi connectivity index (χ0n) is 21.7. The molecule has 2 atom stereocenters. The average molecular weight is 528 g/mol. The van der Waals surface area contributed by atoms with E-state index in [-0.39, 0.29) is 23.3 Å². The molecule has 2 unspecified atom stereocenters. The maximum absolute atomic E-state index is 13.8. The number of aliphatic hydroxyl groups is 1. The smallest absolute Gasteiger partial charge is 0.335 e. The fraction of sp³-hybridized carbons (Fsp3) is 0.367. The van der Waals surface area contributed by atoms with Gasteiger partial charge < -0.3 is 20.3 Å². The van der Waals surface area contributed by atoms with Crippen LogP contribution in [0.3, 0.4) is 0 Å². The molecular weight excluding hydrogens is 493 g/mol. The Labute approximate surface area is 223 Å². The molecule has 37 heavy (non-hydrogen) atoms. The number of β-amino-alcohol motifs (C(OH)–C–C–N with tert-alkyl or cyclic N) is 1. The normalized spacial score (nSPS) is 13.4. The zero-order chi connectivity index (χ0) is 27.2. The Morgan fingerprint density at radius 1 is 1.14 bits per heavy atom.